The number of aryl methyl sites for hydroxylation is 1. The van der Waals surface area contributed by atoms with Crippen molar-refractivity contribution in [3.63, 3.8) is 0 Å². The summed E-state index contributed by atoms with van der Waals surface area (Å²) in [5, 5.41) is 22.1. The topological polar surface area (TPSA) is 110 Å². The Bertz CT molecular complexity index is 470. The van der Waals surface area contributed by atoms with Crippen molar-refractivity contribution in [1.82, 2.24) is 14.9 Å². The van der Waals surface area contributed by atoms with Gasteiger partial charge in [-0.25, -0.2) is 0 Å². The maximum Gasteiger partial charge on any atom is 0.381 e. The molecule has 0 saturated heterocycles. The van der Waals surface area contributed by atoms with Crippen molar-refractivity contribution >= 4 is 11.7 Å². The minimum absolute atomic E-state index is 0.0849. The molecule has 0 aliphatic heterocycles. The lowest BCUT2D eigenvalue weighted by Gasteiger charge is -2.23. The third kappa shape index (κ3) is 5.35. The normalized spacial score (nSPS) is 11.3. The molecule has 0 bridgehead atoms. The highest BCUT2D eigenvalue weighted by atomic mass is 16.6. The average molecular weight is 284 g/mol. The highest BCUT2D eigenvalue weighted by Gasteiger charge is 2.18. The van der Waals surface area contributed by atoms with Gasteiger partial charge in [0.1, 0.15) is 6.20 Å². The Hall–Kier alpha value is -1.96. The number of hydrogen-bond acceptors (Lipinski definition) is 5. The Labute approximate surface area is 117 Å². The van der Waals surface area contributed by atoms with E-state index in [-0.39, 0.29) is 30.2 Å². The molecule has 0 radical (unpaired) electrons. The summed E-state index contributed by atoms with van der Waals surface area (Å²) in [5.74, 6) is -0.359. The van der Waals surface area contributed by atoms with E-state index < -0.39 is 4.92 Å². The zero-order chi connectivity index (χ0) is 15.2. The van der Waals surface area contributed by atoms with Gasteiger partial charge in [0.15, 0.2) is 0 Å². The van der Waals surface area contributed by atoms with Crippen molar-refractivity contribution < 1.29 is 14.8 Å². The van der Waals surface area contributed by atoms with Crippen LogP contribution in [-0.4, -0.2) is 38.6 Å². The highest BCUT2D eigenvalue weighted by molar-refractivity contribution is 5.75. The number of nitrogens with one attached hydrogen (secondary N) is 1. The first-order chi connectivity index (χ1) is 9.34. The molecule has 0 fully saturated rings. The van der Waals surface area contributed by atoms with E-state index in [1.54, 1.807) is 0 Å². The molecule has 8 heteroatoms. The van der Waals surface area contributed by atoms with E-state index in [4.69, 9.17) is 5.11 Å². The highest BCUT2D eigenvalue weighted by Crippen LogP contribution is 2.17. The van der Waals surface area contributed by atoms with Crippen LogP contribution in [0.2, 0.25) is 0 Å². The zero-order valence-electron chi connectivity index (χ0n) is 11.7. The average Bonchev–Trinajstić information content (AvgIpc) is 2.83. The standard InChI is InChI=1S/C12H20N4O4/c1-12(2,4-6-17)8-13-11(18)3-5-15-7-10(14-9-15)16(19)20/h7,9,17H,3-6,8H2,1-2H3,(H,13,18). The van der Waals surface area contributed by atoms with Crippen molar-refractivity contribution in [3.8, 4) is 0 Å². The van der Waals surface area contributed by atoms with Crippen LogP contribution in [0.15, 0.2) is 12.5 Å². The quantitative estimate of drug-likeness (QED) is 0.539. The number of aliphatic hydroxyl groups is 1. The van der Waals surface area contributed by atoms with E-state index in [1.165, 1.54) is 17.1 Å². The van der Waals surface area contributed by atoms with Gasteiger partial charge in [0.2, 0.25) is 12.2 Å². The summed E-state index contributed by atoms with van der Waals surface area (Å²) in [6, 6.07) is 0. The molecular weight excluding hydrogens is 264 g/mol. The Morgan fingerprint density at radius 1 is 1.60 bits per heavy atom. The molecule has 2 N–H and O–H groups in total. The fraction of sp³-hybridized carbons (Fsp3) is 0.667. The molecule has 1 aromatic heterocycles. The van der Waals surface area contributed by atoms with E-state index in [0.717, 1.165) is 0 Å². The van der Waals surface area contributed by atoms with Crippen molar-refractivity contribution in [2.24, 2.45) is 5.41 Å². The molecular formula is C12H20N4O4. The minimum atomic E-state index is -0.575. The predicted molar refractivity (Wildman–Crippen MR) is 72.0 cm³/mol. The summed E-state index contributed by atoms with van der Waals surface area (Å²) in [5.41, 5.74) is -0.155. The molecule has 8 nitrogen and oxygen atoms in total. The molecule has 0 atom stereocenters. The Morgan fingerprint density at radius 2 is 2.30 bits per heavy atom. The number of aromatic nitrogens is 2. The fourth-order valence-electron chi connectivity index (χ4n) is 1.61. The van der Waals surface area contributed by atoms with Crippen LogP contribution in [0.5, 0.6) is 0 Å². The van der Waals surface area contributed by atoms with Crippen molar-refractivity contribution in [2.45, 2.75) is 33.2 Å². The van der Waals surface area contributed by atoms with Crippen LogP contribution < -0.4 is 5.32 Å². The summed E-state index contributed by atoms with van der Waals surface area (Å²) in [4.78, 5) is 25.2. The van der Waals surface area contributed by atoms with E-state index in [1.807, 2.05) is 13.8 Å². The van der Waals surface area contributed by atoms with Gasteiger partial charge in [0.05, 0.1) is 0 Å². The first-order valence-electron chi connectivity index (χ1n) is 6.38. The monoisotopic (exact) mass is 284 g/mol. The number of amides is 1. The Morgan fingerprint density at radius 3 is 2.85 bits per heavy atom. The molecule has 0 aromatic carbocycles. The van der Waals surface area contributed by atoms with Crippen molar-refractivity contribution in [3.05, 3.63) is 22.6 Å². The predicted octanol–water partition coefficient (Wildman–Crippen LogP) is 0.706. The molecule has 1 aromatic rings. The number of aliphatic hydroxyl groups excluding tert-OH is 1. The third-order valence-corrected chi connectivity index (χ3v) is 2.96. The second-order valence-corrected chi connectivity index (χ2v) is 5.39. The molecule has 0 spiro atoms. The summed E-state index contributed by atoms with van der Waals surface area (Å²) in [6.45, 7) is 4.83. The van der Waals surface area contributed by atoms with Gasteiger partial charge in [-0.05, 0) is 21.7 Å². The van der Waals surface area contributed by atoms with Crippen LogP contribution in [0.3, 0.4) is 0 Å². The van der Waals surface area contributed by atoms with Crippen molar-refractivity contribution in [2.75, 3.05) is 13.2 Å². The van der Waals surface area contributed by atoms with Gasteiger partial charge in [-0.15, -0.1) is 0 Å². The van der Waals surface area contributed by atoms with Crippen LogP contribution >= 0.6 is 0 Å². The molecule has 0 saturated carbocycles. The molecule has 1 heterocycles. The van der Waals surface area contributed by atoms with Crippen molar-refractivity contribution in [1.29, 1.82) is 0 Å². The molecule has 0 aliphatic rings. The molecule has 1 amide bonds. The number of carbonyl (C=O) groups is 1. The molecule has 112 valence electrons. The smallest absolute Gasteiger partial charge is 0.381 e. The molecule has 0 unspecified atom stereocenters. The summed E-state index contributed by atoms with van der Waals surface area (Å²) in [7, 11) is 0. The van der Waals surface area contributed by atoms with Crippen LogP contribution in [0.4, 0.5) is 5.82 Å². The number of nitro groups is 1. The second kappa shape index (κ2) is 6.99. The Balaban J connectivity index is 2.34. The molecule has 0 aliphatic carbocycles. The van der Waals surface area contributed by atoms with E-state index in [0.29, 0.717) is 19.5 Å². The van der Waals surface area contributed by atoms with Crippen LogP contribution in [-0.2, 0) is 11.3 Å². The van der Waals surface area contributed by atoms with E-state index in [2.05, 4.69) is 10.3 Å². The van der Waals surface area contributed by atoms with Crippen LogP contribution in [0.25, 0.3) is 0 Å². The van der Waals surface area contributed by atoms with Gasteiger partial charge >= 0.3 is 5.82 Å². The molecule has 20 heavy (non-hydrogen) atoms. The number of rotatable bonds is 8. The van der Waals surface area contributed by atoms with E-state index in [9.17, 15) is 14.9 Å². The van der Waals surface area contributed by atoms with Gasteiger partial charge in [-0.3, -0.25) is 4.79 Å². The lowest BCUT2D eigenvalue weighted by molar-refractivity contribution is -0.389. The number of imidazole rings is 1. The lowest BCUT2D eigenvalue weighted by atomic mass is 9.90. The van der Waals surface area contributed by atoms with Gasteiger partial charge in [0.25, 0.3) is 0 Å². The summed E-state index contributed by atoms with van der Waals surface area (Å²) < 4.78 is 1.51. The first-order valence-corrected chi connectivity index (χ1v) is 6.38. The lowest BCUT2D eigenvalue weighted by Crippen LogP contribution is -2.34. The maximum atomic E-state index is 11.7. The van der Waals surface area contributed by atoms with Gasteiger partial charge in [-0.1, -0.05) is 13.8 Å². The minimum Gasteiger partial charge on any atom is -0.396 e. The van der Waals surface area contributed by atoms with E-state index >= 15 is 0 Å². The SMILES string of the molecule is CC(C)(CCO)CNC(=O)CCn1cnc([N+](=O)[O-])c1. The summed E-state index contributed by atoms with van der Waals surface area (Å²) in [6.07, 6.45) is 3.47. The van der Waals surface area contributed by atoms with Crippen LogP contribution in [0.1, 0.15) is 26.7 Å². The largest absolute Gasteiger partial charge is 0.396 e. The van der Waals surface area contributed by atoms with Crippen LogP contribution in [0, 0.1) is 15.5 Å². The zero-order valence-corrected chi connectivity index (χ0v) is 11.7. The number of carbonyl (C=O) groups excluding carboxylic acids is 1. The summed E-state index contributed by atoms with van der Waals surface area (Å²) >= 11 is 0. The van der Waals surface area contributed by atoms with Gasteiger partial charge < -0.3 is 25.1 Å². The number of nitrogens with zero attached hydrogens (tertiary/aromatic N) is 3. The van der Waals surface area contributed by atoms with Gasteiger partial charge in [0, 0.05) is 26.1 Å². The first kappa shape index (κ1) is 16.1. The maximum absolute atomic E-state index is 11.7. The second-order valence-electron chi connectivity index (χ2n) is 5.39. The molecule has 1 rings (SSSR count). The fourth-order valence-corrected chi connectivity index (χ4v) is 1.61. The van der Waals surface area contributed by atoms with Gasteiger partial charge in [-0.2, -0.15) is 0 Å². The third-order valence-electron chi connectivity index (χ3n) is 2.96. The Kier molecular flexibility index (Phi) is 5.63. The number of hydrogen-bond donors (Lipinski definition) is 2.